The van der Waals surface area contributed by atoms with Gasteiger partial charge in [0.05, 0.1) is 5.71 Å². The van der Waals surface area contributed by atoms with Crippen molar-refractivity contribution in [1.82, 2.24) is 4.90 Å². The number of rotatable bonds is 4. The maximum absolute atomic E-state index is 9.55. The van der Waals surface area contributed by atoms with Gasteiger partial charge in [-0.2, -0.15) is 0 Å². The van der Waals surface area contributed by atoms with Gasteiger partial charge in [-0.3, -0.25) is 0 Å². The highest BCUT2D eigenvalue weighted by Crippen LogP contribution is 2.39. The van der Waals surface area contributed by atoms with Gasteiger partial charge < -0.3 is 19.8 Å². The molecule has 0 aliphatic carbocycles. The number of carbonyl (C=O) groups is 2. The lowest BCUT2D eigenvalue weighted by Gasteiger charge is -2.24. The molecule has 0 fully saturated rings. The van der Waals surface area contributed by atoms with Gasteiger partial charge in [-0.1, -0.05) is 31.2 Å². The first-order valence-corrected chi connectivity index (χ1v) is 10.4. The van der Waals surface area contributed by atoms with Crippen molar-refractivity contribution in [2.75, 3.05) is 20.1 Å². The second-order valence-corrected chi connectivity index (χ2v) is 7.48. The molecule has 0 radical (unpaired) electrons. The molecule has 0 saturated heterocycles. The van der Waals surface area contributed by atoms with Crippen molar-refractivity contribution < 1.29 is 24.5 Å². The SMILES string of the molecule is CCc1ccc2c(c1)C(C1=CCCN(C)C1)=Nc1ccccc1O2.O=C(O)C=CC(=O)O. The second-order valence-electron chi connectivity index (χ2n) is 7.48. The van der Waals surface area contributed by atoms with Gasteiger partial charge >= 0.3 is 11.9 Å². The van der Waals surface area contributed by atoms with Crippen molar-refractivity contribution in [3.05, 3.63) is 77.4 Å². The quantitative estimate of drug-likeness (QED) is 0.690. The van der Waals surface area contributed by atoms with Gasteiger partial charge in [-0.15, -0.1) is 0 Å². The molecule has 166 valence electrons. The van der Waals surface area contributed by atoms with E-state index in [1.165, 1.54) is 11.1 Å². The lowest BCUT2D eigenvalue weighted by Crippen LogP contribution is -2.29. The highest BCUT2D eigenvalue weighted by atomic mass is 16.5. The van der Waals surface area contributed by atoms with Crippen LogP contribution in [-0.2, 0) is 16.0 Å². The largest absolute Gasteiger partial charge is 0.478 e. The van der Waals surface area contributed by atoms with Crippen LogP contribution in [0.5, 0.6) is 11.5 Å². The Morgan fingerprint density at radius 3 is 2.47 bits per heavy atom. The Labute approximate surface area is 187 Å². The van der Waals surface area contributed by atoms with Crippen LogP contribution in [0.4, 0.5) is 5.69 Å². The third-order valence-electron chi connectivity index (χ3n) is 5.04. The zero-order valence-electron chi connectivity index (χ0n) is 18.1. The maximum Gasteiger partial charge on any atom is 0.328 e. The molecule has 0 unspecified atom stereocenters. The summed E-state index contributed by atoms with van der Waals surface area (Å²) in [6, 6.07) is 14.5. The summed E-state index contributed by atoms with van der Waals surface area (Å²) in [5.41, 5.74) is 5.65. The van der Waals surface area contributed by atoms with E-state index in [1.54, 1.807) is 0 Å². The third-order valence-corrected chi connectivity index (χ3v) is 5.04. The molecule has 7 heteroatoms. The summed E-state index contributed by atoms with van der Waals surface area (Å²) in [7, 11) is 2.16. The number of likely N-dealkylation sites (N-methyl/N-ethyl adjacent to an activating group) is 1. The van der Waals surface area contributed by atoms with E-state index < -0.39 is 11.9 Å². The summed E-state index contributed by atoms with van der Waals surface area (Å²) in [5, 5.41) is 15.6. The van der Waals surface area contributed by atoms with E-state index in [2.05, 4.69) is 43.1 Å². The predicted octanol–water partition coefficient (Wildman–Crippen LogP) is 4.45. The van der Waals surface area contributed by atoms with Gasteiger partial charge in [-0.25, -0.2) is 14.6 Å². The third kappa shape index (κ3) is 5.92. The monoisotopic (exact) mass is 434 g/mol. The number of carboxylic acids is 2. The van der Waals surface area contributed by atoms with E-state index in [0.717, 1.165) is 54.4 Å². The molecular formula is C25H26N2O5. The smallest absolute Gasteiger partial charge is 0.328 e. The Hall–Kier alpha value is -3.71. The summed E-state index contributed by atoms with van der Waals surface area (Å²) in [6.07, 6.45) is 5.52. The van der Waals surface area contributed by atoms with Crippen LogP contribution in [0.2, 0.25) is 0 Å². The van der Waals surface area contributed by atoms with Crippen LogP contribution in [0.25, 0.3) is 0 Å². The number of nitrogens with zero attached hydrogens (tertiary/aromatic N) is 2. The average Bonchev–Trinajstić information content (AvgIpc) is 2.94. The van der Waals surface area contributed by atoms with Crippen LogP contribution in [0, 0.1) is 0 Å². The van der Waals surface area contributed by atoms with Gasteiger partial charge in [0.1, 0.15) is 11.4 Å². The van der Waals surface area contributed by atoms with Gasteiger partial charge in [0.15, 0.2) is 5.75 Å². The number of carboxylic acid groups (broad SMARTS) is 2. The van der Waals surface area contributed by atoms with Gasteiger partial charge in [-0.05, 0) is 55.3 Å². The number of para-hydroxylation sites is 2. The summed E-state index contributed by atoms with van der Waals surface area (Å²) in [4.78, 5) is 26.5. The molecule has 0 atom stereocenters. The fourth-order valence-corrected chi connectivity index (χ4v) is 3.46. The standard InChI is InChI=1S/C21H22N2O.C4H4O4/c1-3-15-10-11-19-17(13-15)21(16-7-6-12-23(2)14-16)22-18-8-4-5-9-20(18)24-19;5-3(6)1-2-4(7)8/h4-5,7-11,13H,3,6,12,14H2,1-2H3;1-2H,(H,5,6)(H,7,8). The first-order valence-electron chi connectivity index (χ1n) is 10.4. The first-order chi connectivity index (χ1) is 15.4. The van der Waals surface area contributed by atoms with Gasteiger partial charge in [0, 0.05) is 30.8 Å². The number of aliphatic carboxylic acids is 2. The number of aliphatic imine (C=N–C) groups is 1. The number of hydrogen-bond acceptors (Lipinski definition) is 5. The molecule has 2 aromatic rings. The van der Waals surface area contributed by atoms with E-state index in [1.807, 2.05) is 24.3 Å². The van der Waals surface area contributed by atoms with E-state index in [0.29, 0.717) is 12.2 Å². The minimum absolute atomic E-state index is 0.558. The number of aryl methyl sites for hydroxylation is 1. The summed E-state index contributed by atoms with van der Waals surface area (Å²) in [6.45, 7) is 4.21. The van der Waals surface area contributed by atoms with E-state index in [-0.39, 0.29) is 0 Å². The fourth-order valence-electron chi connectivity index (χ4n) is 3.46. The van der Waals surface area contributed by atoms with Gasteiger partial charge in [0.25, 0.3) is 0 Å². The number of ether oxygens (including phenoxy) is 1. The van der Waals surface area contributed by atoms with Gasteiger partial charge in [0.2, 0.25) is 0 Å². The summed E-state index contributed by atoms with van der Waals surface area (Å²) >= 11 is 0. The zero-order valence-corrected chi connectivity index (χ0v) is 18.1. The molecule has 2 N–H and O–H groups in total. The average molecular weight is 434 g/mol. The normalized spacial score (nSPS) is 15.2. The molecule has 7 nitrogen and oxygen atoms in total. The van der Waals surface area contributed by atoms with Crippen LogP contribution in [0.15, 0.2) is 71.3 Å². The number of fused-ring (bicyclic) bond motifs is 2. The van der Waals surface area contributed by atoms with Crippen molar-refractivity contribution >= 4 is 23.3 Å². The van der Waals surface area contributed by atoms with Crippen LogP contribution < -0.4 is 4.74 Å². The van der Waals surface area contributed by atoms with Crippen molar-refractivity contribution in [3.8, 4) is 11.5 Å². The number of benzene rings is 2. The van der Waals surface area contributed by atoms with Crippen molar-refractivity contribution in [2.45, 2.75) is 19.8 Å². The van der Waals surface area contributed by atoms with E-state index >= 15 is 0 Å². The molecular weight excluding hydrogens is 408 g/mol. The first kappa shape index (κ1) is 23.0. The Kier molecular flexibility index (Phi) is 7.57. The molecule has 0 amide bonds. The molecule has 0 aromatic heterocycles. The van der Waals surface area contributed by atoms with E-state index in [9.17, 15) is 9.59 Å². The molecule has 0 saturated carbocycles. The molecule has 4 rings (SSSR count). The minimum Gasteiger partial charge on any atom is -0.478 e. The van der Waals surface area contributed by atoms with Crippen molar-refractivity contribution in [1.29, 1.82) is 0 Å². The Balaban J connectivity index is 0.000000312. The topological polar surface area (TPSA) is 99.4 Å². The number of hydrogen-bond donors (Lipinski definition) is 2. The van der Waals surface area contributed by atoms with Crippen molar-refractivity contribution in [2.24, 2.45) is 4.99 Å². The molecule has 2 aliphatic heterocycles. The zero-order chi connectivity index (χ0) is 23.1. The highest BCUT2D eigenvalue weighted by Gasteiger charge is 2.23. The maximum atomic E-state index is 9.55. The lowest BCUT2D eigenvalue weighted by atomic mass is 9.96. The molecule has 0 spiro atoms. The van der Waals surface area contributed by atoms with E-state index in [4.69, 9.17) is 19.9 Å². The molecule has 32 heavy (non-hydrogen) atoms. The van der Waals surface area contributed by atoms with Crippen LogP contribution >= 0.6 is 0 Å². The van der Waals surface area contributed by atoms with Crippen LogP contribution in [-0.4, -0.2) is 52.9 Å². The Bertz CT molecular complexity index is 1090. The summed E-state index contributed by atoms with van der Waals surface area (Å²) < 4.78 is 6.19. The molecule has 2 aromatic carbocycles. The molecule has 2 heterocycles. The predicted molar refractivity (Wildman–Crippen MR) is 123 cm³/mol. The lowest BCUT2D eigenvalue weighted by molar-refractivity contribution is -0.134. The van der Waals surface area contributed by atoms with Crippen LogP contribution in [0.1, 0.15) is 24.5 Å². The van der Waals surface area contributed by atoms with Crippen molar-refractivity contribution in [3.63, 3.8) is 0 Å². The second kappa shape index (κ2) is 10.5. The Morgan fingerprint density at radius 2 is 1.81 bits per heavy atom. The fraction of sp³-hybridized carbons (Fsp3) is 0.240. The molecule has 0 bridgehead atoms. The minimum atomic E-state index is -1.26. The van der Waals surface area contributed by atoms with Crippen LogP contribution in [0.3, 0.4) is 0 Å². The molecule has 2 aliphatic rings. The Morgan fingerprint density at radius 1 is 1.09 bits per heavy atom. The highest BCUT2D eigenvalue weighted by molar-refractivity contribution is 6.16. The summed E-state index contributed by atoms with van der Waals surface area (Å²) in [5.74, 6) is -0.799.